The molecule has 0 aromatic heterocycles. The summed E-state index contributed by atoms with van der Waals surface area (Å²) in [5.41, 5.74) is 6.74. The quantitative estimate of drug-likeness (QED) is 0.846. The van der Waals surface area contributed by atoms with Gasteiger partial charge in [0, 0.05) is 31.5 Å². The van der Waals surface area contributed by atoms with E-state index >= 15 is 0 Å². The first-order valence-corrected chi connectivity index (χ1v) is 6.54. The number of carboxylic acids is 1. The molecule has 0 heterocycles. The third-order valence-corrected chi connectivity index (χ3v) is 3.13. The highest BCUT2D eigenvalue weighted by molar-refractivity contribution is 6.33. The number of hydrogen-bond acceptors (Lipinski definition) is 4. The van der Waals surface area contributed by atoms with Crippen molar-refractivity contribution in [2.75, 3.05) is 24.7 Å². The number of benzene rings is 2. The number of halogens is 1. The van der Waals surface area contributed by atoms with Crippen LogP contribution in [-0.2, 0) is 0 Å². The maximum absolute atomic E-state index is 11.3. The van der Waals surface area contributed by atoms with Gasteiger partial charge in [0.2, 0.25) is 0 Å². The number of aromatic carboxylic acids is 1. The number of anilines is 2. The molecule has 0 aliphatic carbocycles. The zero-order valence-electron chi connectivity index (χ0n) is 11.6. The topological polar surface area (TPSA) is 75.8 Å². The number of carbonyl (C=O) groups is 1. The average Bonchev–Trinajstić information content (AvgIpc) is 2.41. The van der Waals surface area contributed by atoms with Crippen LogP contribution < -0.4 is 15.4 Å². The summed E-state index contributed by atoms with van der Waals surface area (Å²) < 4.78 is 5.65. The van der Waals surface area contributed by atoms with E-state index in [4.69, 9.17) is 22.1 Å². The summed E-state index contributed by atoms with van der Waals surface area (Å²) in [4.78, 5) is 13.2. The third-order valence-electron chi connectivity index (χ3n) is 2.85. The molecule has 5 nitrogen and oxygen atoms in total. The second-order valence-corrected chi connectivity index (χ2v) is 5.09. The molecule has 0 saturated heterocycles. The fourth-order valence-electron chi connectivity index (χ4n) is 1.82. The van der Waals surface area contributed by atoms with Gasteiger partial charge in [0.25, 0.3) is 0 Å². The van der Waals surface area contributed by atoms with Crippen LogP contribution in [0.3, 0.4) is 0 Å². The maximum Gasteiger partial charge on any atom is 0.339 e. The molecule has 0 radical (unpaired) electrons. The zero-order valence-corrected chi connectivity index (χ0v) is 12.4. The molecule has 2 aromatic carbocycles. The molecule has 3 N–H and O–H groups in total. The Bertz CT molecular complexity index is 687. The number of rotatable bonds is 4. The van der Waals surface area contributed by atoms with E-state index in [-0.39, 0.29) is 22.0 Å². The summed E-state index contributed by atoms with van der Waals surface area (Å²) >= 11 is 6.05. The second-order valence-electron chi connectivity index (χ2n) is 4.68. The van der Waals surface area contributed by atoms with Crippen LogP contribution in [0.1, 0.15) is 10.4 Å². The van der Waals surface area contributed by atoms with Crippen molar-refractivity contribution >= 4 is 28.9 Å². The van der Waals surface area contributed by atoms with Crippen LogP contribution >= 0.6 is 11.6 Å². The van der Waals surface area contributed by atoms with Crippen LogP contribution in [0.4, 0.5) is 11.4 Å². The summed E-state index contributed by atoms with van der Waals surface area (Å²) in [6.07, 6.45) is 0. The maximum atomic E-state index is 11.3. The van der Waals surface area contributed by atoms with Crippen molar-refractivity contribution in [3.8, 4) is 11.5 Å². The Hall–Kier alpha value is -2.40. The molecule has 2 rings (SSSR count). The minimum Gasteiger partial charge on any atom is -0.478 e. The largest absolute Gasteiger partial charge is 0.478 e. The molecule has 0 saturated carbocycles. The second kappa shape index (κ2) is 5.93. The number of nitrogens with two attached hydrogens (primary N) is 1. The molecular weight excluding hydrogens is 292 g/mol. The molecular formula is C15H15ClN2O3. The lowest BCUT2D eigenvalue weighted by Gasteiger charge is -2.15. The summed E-state index contributed by atoms with van der Waals surface area (Å²) in [5, 5.41) is 9.39. The Morgan fingerprint density at radius 1 is 1.29 bits per heavy atom. The zero-order chi connectivity index (χ0) is 15.6. The van der Waals surface area contributed by atoms with Crippen LogP contribution in [0.15, 0.2) is 36.4 Å². The monoisotopic (exact) mass is 306 g/mol. The fraction of sp³-hybridized carbons (Fsp3) is 0.133. The van der Waals surface area contributed by atoms with Gasteiger partial charge >= 0.3 is 5.97 Å². The van der Waals surface area contributed by atoms with Crippen molar-refractivity contribution in [1.29, 1.82) is 0 Å². The minimum absolute atomic E-state index is 0.0738. The van der Waals surface area contributed by atoms with Gasteiger partial charge in [0.05, 0.1) is 5.02 Å². The summed E-state index contributed by atoms with van der Waals surface area (Å²) in [5.74, 6) is -0.576. The molecule has 0 fully saturated rings. The Morgan fingerprint density at radius 3 is 2.62 bits per heavy atom. The summed E-state index contributed by atoms with van der Waals surface area (Å²) in [7, 11) is 3.80. The van der Waals surface area contributed by atoms with Crippen LogP contribution in [0.25, 0.3) is 0 Å². The van der Waals surface area contributed by atoms with Crippen molar-refractivity contribution in [2.45, 2.75) is 0 Å². The van der Waals surface area contributed by atoms with Crippen molar-refractivity contribution in [1.82, 2.24) is 0 Å². The molecule has 0 aliphatic heterocycles. The molecule has 0 aliphatic rings. The molecule has 6 heteroatoms. The standard InChI is InChI=1S/C15H15ClN2O3/c1-18(2)10-4-3-5-11(8-10)21-14-12(15(19)20)6-9(17)7-13(14)16/h3-8H,17H2,1-2H3,(H,19,20). The van der Waals surface area contributed by atoms with Gasteiger partial charge in [-0.3, -0.25) is 0 Å². The normalized spacial score (nSPS) is 10.2. The van der Waals surface area contributed by atoms with Crippen LogP contribution in [0.5, 0.6) is 11.5 Å². The van der Waals surface area contributed by atoms with Crippen molar-refractivity contribution in [3.63, 3.8) is 0 Å². The number of nitrogen functional groups attached to an aromatic ring is 1. The third kappa shape index (κ3) is 3.38. The Labute approximate surface area is 127 Å². The Balaban J connectivity index is 2.44. The molecule has 110 valence electrons. The highest BCUT2D eigenvalue weighted by Gasteiger charge is 2.17. The van der Waals surface area contributed by atoms with Crippen molar-refractivity contribution in [2.24, 2.45) is 0 Å². The number of nitrogens with zero attached hydrogens (tertiary/aromatic N) is 1. The molecule has 2 aromatic rings. The predicted molar refractivity (Wildman–Crippen MR) is 83.7 cm³/mol. The van der Waals surface area contributed by atoms with Crippen LogP contribution in [0, 0.1) is 0 Å². The van der Waals surface area contributed by atoms with Gasteiger partial charge in [0.15, 0.2) is 5.75 Å². The van der Waals surface area contributed by atoms with Gasteiger partial charge in [-0.25, -0.2) is 4.79 Å². The van der Waals surface area contributed by atoms with Crippen LogP contribution in [0.2, 0.25) is 5.02 Å². The fourth-order valence-corrected chi connectivity index (χ4v) is 2.09. The van der Waals surface area contributed by atoms with E-state index in [0.29, 0.717) is 5.75 Å². The first-order chi connectivity index (χ1) is 9.88. The van der Waals surface area contributed by atoms with Crippen LogP contribution in [-0.4, -0.2) is 25.2 Å². The van der Waals surface area contributed by atoms with E-state index in [0.717, 1.165) is 5.69 Å². The van der Waals surface area contributed by atoms with E-state index < -0.39 is 5.97 Å². The molecule has 0 amide bonds. The molecule has 0 atom stereocenters. The van der Waals surface area contributed by atoms with Gasteiger partial charge in [0.1, 0.15) is 11.3 Å². The van der Waals surface area contributed by atoms with E-state index in [1.165, 1.54) is 12.1 Å². The number of carboxylic acid groups (broad SMARTS) is 1. The summed E-state index contributed by atoms with van der Waals surface area (Å²) in [6, 6.07) is 10.0. The van der Waals surface area contributed by atoms with E-state index in [1.54, 1.807) is 12.1 Å². The highest BCUT2D eigenvalue weighted by atomic mass is 35.5. The first-order valence-electron chi connectivity index (χ1n) is 6.16. The van der Waals surface area contributed by atoms with Crippen molar-refractivity contribution in [3.05, 3.63) is 47.0 Å². The Kier molecular flexibility index (Phi) is 4.23. The van der Waals surface area contributed by atoms with Gasteiger partial charge in [-0.15, -0.1) is 0 Å². The average molecular weight is 307 g/mol. The molecule has 0 unspecified atom stereocenters. The van der Waals surface area contributed by atoms with Gasteiger partial charge < -0.3 is 20.5 Å². The smallest absolute Gasteiger partial charge is 0.339 e. The molecule has 0 spiro atoms. The predicted octanol–water partition coefficient (Wildman–Crippen LogP) is 3.48. The van der Waals surface area contributed by atoms with E-state index in [1.807, 2.05) is 31.1 Å². The number of hydrogen-bond donors (Lipinski definition) is 2. The molecule has 0 bridgehead atoms. The minimum atomic E-state index is -1.15. The summed E-state index contributed by atoms with van der Waals surface area (Å²) in [6.45, 7) is 0. The first kappa shape index (κ1) is 15.0. The van der Waals surface area contributed by atoms with Gasteiger partial charge in [-0.1, -0.05) is 17.7 Å². The highest BCUT2D eigenvalue weighted by Crippen LogP contribution is 2.36. The van der Waals surface area contributed by atoms with Crippen molar-refractivity contribution < 1.29 is 14.6 Å². The van der Waals surface area contributed by atoms with Gasteiger partial charge in [-0.05, 0) is 24.3 Å². The SMILES string of the molecule is CN(C)c1cccc(Oc2c(Cl)cc(N)cc2C(=O)O)c1. The lowest BCUT2D eigenvalue weighted by atomic mass is 10.1. The number of ether oxygens (including phenoxy) is 1. The Morgan fingerprint density at radius 2 is 2.00 bits per heavy atom. The van der Waals surface area contributed by atoms with Gasteiger partial charge in [-0.2, -0.15) is 0 Å². The lowest BCUT2D eigenvalue weighted by Crippen LogP contribution is -2.08. The molecule has 21 heavy (non-hydrogen) atoms. The van der Waals surface area contributed by atoms with E-state index in [2.05, 4.69) is 0 Å². The van der Waals surface area contributed by atoms with E-state index in [9.17, 15) is 9.90 Å². The lowest BCUT2D eigenvalue weighted by molar-refractivity contribution is 0.0694.